The standard InChI is InChI=1S/C18H18N4OS/c1-14-20-21-18(24-13-15-7-4-3-5-8-15)22(14)19-12-16-9-6-10-17(11-16)23-2/h3-12H,13H2,1-2H3/b19-12+. The lowest BCUT2D eigenvalue weighted by Crippen LogP contribution is -1.96. The number of aromatic nitrogens is 3. The Labute approximate surface area is 145 Å². The molecule has 2 aromatic carbocycles. The summed E-state index contributed by atoms with van der Waals surface area (Å²) in [5, 5.41) is 13.6. The van der Waals surface area contributed by atoms with Crippen molar-refractivity contribution in [1.82, 2.24) is 14.9 Å². The van der Waals surface area contributed by atoms with Crippen molar-refractivity contribution in [1.29, 1.82) is 0 Å². The smallest absolute Gasteiger partial charge is 0.212 e. The van der Waals surface area contributed by atoms with Crippen LogP contribution in [-0.2, 0) is 5.75 Å². The molecule has 0 radical (unpaired) electrons. The third kappa shape index (κ3) is 4.02. The molecule has 0 amide bonds. The summed E-state index contributed by atoms with van der Waals surface area (Å²) in [5.74, 6) is 2.39. The monoisotopic (exact) mass is 338 g/mol. The van der Waals surface area contributed by atoms with Gasteiger partial charge in [-0.15, -0.1) is 10.2 Å². The Kier molecular flexibility index (Phi) is 5.28. The first-order valence-corrected chi connectivity index (χ1v) is 8.52. The van der Waals surface area contributed by atoms with E-state index in [-0.39, 0.29) is 0 Å². The molecular weight excluding hydrogens is 320 g/mol. The second-order valence-electron chi connectivity index (χ2n) is 5.14. The van der Waals surface area contributed by atoms with Gasteiger partial charge >= 0.3 is 0 Å². The van der Waals surface area contributed by atoms with Crippen molar-refractivity contribution in [2.24, 2.45) is 5.10 Å². The average molecular weight is 338 g/mol. The van der Waals surface area contributed by atoms with Gasteiger partial charge in [0.1, 0.15) is 5.75 Å². The molecule has 122 valence electrons. The average Bonchev–Trinajstić information content (AvgIpc) is 2.99. The number of benzene rings is 2. The van der Waals surface area contributed by atoms with Gasteiger partial charge in [-0.05, 0) is 30.2 Å². The number of hydrogen-bond acceptors (Lipinski definition) is 5. The van der Waals surface area contributed by atoms with Crippen molar-refractivity contribution in [2.75, 3.05) is 7.11 Å². The predicted molar refractivity (Wildman–Crippen MR) is 96.7 cm³/mol. The first kappa shape index (κ1) is 16.3. The van der Waals surface area contributed by atoms with Gasteiger partial charge in [0.15, 0.2) is 5.82 Å². The van der Waals surface area contributed by atoms with Crippen LogP contribution in [0.1, 0.15) is 17.0 Å². The first-order valence-electron chi connectivity index (χ1n) is 7.53. The van der Waals surface area contributed by atoms with Crippen LogP contribution in [0.25, 0.3) is 0 Å². The molecule has 0 aliphatic carbocycles. The van der Waals surface area contributed by atoms with Crippen LogP contribution in [0.15, 0.2) is 64.9 Å². The molecule has 1 aromatic heterocycles. The number of hydrogen-bond donors (Lipinski definition) is 0. The fraction of sp³-hybridized carbons (Fsp3) is 0.167. The van der Waals surface area contributed by atoms with Crippen molar-refractivity contribution in [3.05, 3.63) is 71.5 Å². The van der Waals surface area contributed by atoms with Crippen LogP contribution in [0.3, 0.4) is 0 Å². The number of aryl methyl sites for hydroxylation is 1. The lowest BCUT2D eigenvalue weighted by molar-refractivity contribution is 0.414. The van der Waals surface area contributed by atoms with Gasteiger partial charge in [0, 0.05) is 5.75 Å². The van der Waals surface area contributed by atoms with Crippen LogP contribution in [0, 0.1) is 6.92 Å². The highest BCUT2D eigenvalue weighted by molar-refractivity contribution is 7.98. The van der Waals surface area contributed by atoms with Gasteiger partial charge in [0.2, 0.25) is 5.16 Å². The summed E-state index contributed by atoms with van der Waals surface area (Å²) in [5.41, 5.74) is 2.20. The molecule has 0 aliphatic heterocycles. The van der Waals surface area contributed by atoms with Crippen LogP contribution in [-0.4, -0.2) is 28.2 Å². The largest absolute Gasteiger partial charge is 0.497 e. The summed E-state index contributed by atoms with van der Waals surface area (Å²) in [6.07, 6.45) is 1.78. The fourth-order valence-corrected chi connectivity index (χ4v) is 3.02. The maximum absolute atomic E-state index is 5.23. The summed E-state index contributed by atoms with van der Waals surface area (Å²) < 4.78 is 6.99. The number of thioether (sulfide) groups is 1. The zero-order valence-electron chi connectivity index (χ0n) is 13.6. The highest BCUT2D eigenvalue weighted by Crippen LogP contribution is 2.21. The van der Waals surface area contributed by atoms with E-state index in [2.05, 4.69) is 27.4 Å². The molecule has 0 atom stereocenters. The molecule has 3 rings (SSSR count). The van der Waals surface area contributed by atoms with E-state index in [0.717, 1.165) is 28.0 Å². The molecule has 0 spiro atoms. The molecular formula is C18H18N4OS. The number of rotatable bonds is 6. The van der Waals surface area contributed by atoms with E-state index in [0.29, 0.717) is 0 Å². The normalized spacial score (nSPS) is 11.1. The quantitative estimate of drug-likeness (QED) is 0.507. The minimum Gasteiger partial charge on any atom is -0.497 e. The van der Waals surface area contributed by atoms with E-state index in [9.17, 15) is 0 Å². The van der Waals surface area contributed by atoms with Crippen molar-refractivity contribution in [3.63, 3.8) is 0 Å². The maximum Gasteiger partial charge on any atom is 0.212 e. The van der Waals surface area contributed by atoms with Crippen LogP contribution in [0.2, 0.25) is 0 Å². The fourth-order valence-electron chi connectivity index (χ4n) is 2.13. The molecule has 0 aliphatic rings. The molecule has 0 saturated carbocycles. The lowest BCUT2D eigenvalue weighted by Gasteiger charge is -2.03. The van der Waals surface area contributed by atoms with E-state index in [4.69, 9.17) is 4.74 Å². The van der Waals surface area contributed by atoms with Crippen LogP contribution in [0.5, 0.6) is 5.75 Å². The lowest BCUT2D eigenvalue weighted by atomic mass is 10.2. The predicted octanol–water partition coefficient (Wildman–Crippen LogP) is 3.77. The van der Waals surface area contributed by atoms with Crippen LogP contribution in [0.4, 0.5) is 0 Å². The third-order valence-electron chi connectivity index (χ3n) is 3.39. The number of nitrogens with zero attached hydrogens (tertiary/aromatic N) is 4. The summed E-state index contributed by atoms with van der Waals surface area (Å²) >= 11 is 1.61. The highest BCUT2D eigenvalue weighted by atomic mass is 32.2. The first-order chi connectivity index (χ1) is 11.8. The Balaban J connectivity index is 1.75. The molecule has 0 bridgehead atoms. The van der Waals surface area contributed by atoms with E-state index < -0.39 is 0 Å². The van der Waals surface area contributed by atoms with Gasteiger partial charge in [0.25, 0.3) is 0 Å². The minimum absolute atomic E-state index is 0.754. The van der Waals surface area contributed by atoms with E-state index in [1.807, 2.05) is 49.4 Å². The number of methoxy groups -OCH3 is 1. The van der Waals surface area contributed by atoms with Gasteiger partial charge in [0.05, 0.1) is 13.3 Å². The van der Waals surface area contributed by atoms with Gasteiger partial charge in [-0.3, -0.25) is 0 Å². The Morgan fingerprint density at radius 3 is 2.75 bits per heavy atom. The molecule has 0 unspecified atom stereocenters. The zero-order valence-corrected chi connectivity index (χ0v) is 14.4. The van der Waals surface area contributed by atoms with Gasteiger partial charge in [-0.2, -0.15) is 9.78 Å². The minimum atomic E-state index is 0.754. The van der Waals surface area contributed by atoms with E-state index in [1.165, 1.54) is 5.56 Å². The third-order valence-corrected chi connectivity index (χ3v) is 4.39. The topological polar surface area (TPSA) is 52.3 Å². The zero-order chi connectivity index (χ0) is 16.8. The molecule has 0 saturated heterocycles. The van der Waals surface area contributed by atoms with E-state index in [1.54, 1.807) is 29.8 Å². The molecule has 6 heteroatoms. The SMILES string of the molecule is COc1cccc(/C=N/n2c(C)nnc2SCc2ccccc2)c1. The van der Waals surface area contributed by atoms with Crippen molar-refractivity contribution in [2.45, 2.75) is 17.8 Å². The molecule has 5 nitrogen and oxygen atoms in total. The molecule has 0 fully saturated rings. The van der Waals surface area contributed by atoms with Crippen molar-refractivity contribution < 1.29 is 4.74 Å². The second-order valence-corrected chi connectivity index (χ2v) is 6.08. The summed E-state index contributed by atoms with van der Waals surface area (Å²) in [7, 11) is 1.65. The van der Waals surface area contributed by atoms with E-state index >= 15 is 0 Å². The van der Waals surface area contributed by atoms with Crippen LogP contribution < -0.4 is 4.74 Å². The summed E-state index contributed by atoms with van der Waals surface area (Å²) in [4.78, 5) is 0. The molecule has 0 N–H and O–H groups in total. The Morgan fingerprint density at radius 2 is 1.96 bits per heavy atom. The number of ether oxygens (including phenoxy) is 1. The van der Waals surface area contributed by atoms with Crippen molar-refractivity contribution in [3.8, 4) is 5.75 Å². The van der Waals surface area contributed by atoms with Crippen molar-refractivity contribution >= 4 is 18.0 Å². The molecule has 3 aromatic rings. The van der Waals surface area contributed by atoms with Crippen LogP contribution >= 0.6 is 11.8 Å². The molecule has 24 heavy (non-hydrogen) atoms. The molecule has 1 heterocycles. The van der Waals surface area contributed by atoms with Gasteiger partial charge < -0.3 is 4.74 Å². The maximum atomic E-state index is 5.23. The Morgan fingerprint density at radius 1 is 1.12 bits per heavy atom. The summed E-state index contributed by atoms with van der Waals surface area (Å²) in [6.45, 7) is 1.89. The second kappa shape index (κ2) is 7.79. The Bertz CT molecular complexity index is 830. The summed E-state index contributed by atoms with van der Waals surface area (Å²) in [6, 6.07) is 18.0. The highest BCUT2D eigenvalue weighted by Gasteiger charge is 2.08. The van der Waals surface area contributed by atoms with Gasteiger partial charge in [-0.1, -0.05) is 54.2 Å². The van der Waals surface area contributed by atoms with Gasteiger partial charge in [-0.25, -0.2) is 0 Å². The Hall–Kier alpha value is -2.60.